The van der Waals surface area contributed by atoms with Crippen LogP contribution in [0.25, 0.3) is 97.0 Å². The molecule has 52 heavy (non-hydrogen) atoms. The van der Waals surface area contributed by atoms with Gasteiger partial charge in [-0.2, -0.15) is 0 Å². The average Bonchev–Trinajstić information content (AvgIpc) is 3.68. The van der Waals surface area contributed by atoms with Gasteiger partial charge in [0.25, 0.3) is 0 Å². The molecule has 1 aromatic heterocycles. The van der Waals surface area contributed by atoms with Crippen LogP contribution in [0.2, 0.25) is 0 Å². The molecule has 0 radical (unpaired) electrons. The van der Waals surface area contributed by atoms with E-state index in [0.29, 0.717) is 0 Å². The van der Waals surface area contributed by atoms with Crippen molar-refractivity contribution in [2.75, 3.05) is 0 Å². The van der Waals surface area contributed by atoms with Crippen molar-refractivity contribution in [3.8, 4) is 44.5 Å². The summed E-state index contributed by atoms with van der Waals surface area (Å²) in [5.41, 5.74) is 13.1. The molecule has 1 aliphatic carbocycles. The van der Waals surface area contributed by atoms with Crippen LogP contribution in [-0.2, 0) is 5.41 Å². The van der Waals surface area contributed by atoms with Crippen molar-refractivity contribution in [3.63, 3.8) is 0 Å². The predicted molar refractivity (Wildman–Crippen MR) is 226 cm³/mol. The maximum Gasteiger partial charge on any atom is 0.0355 e. The highest BCUT2D eigenvalue weighted by Crippen LogP contribution is 2.55. The van der Waals surface area contributed by atoms with E-state index in [0.717, 1.165) is 0 Å². The summed E-state index contributed by atoms with van der Waals surface area (Å²) in [4.78, 5) is 0. The maximum atomic E-state index is 2.43. The van der Waals surface area contributed by atoms with E-state index >= 15 is 0 Å². The molecule has 0 atom stereocenters. The summed E-state index contributed by atoms with van der Waals surface area (Å²) in [6, 6.07) is 63.6. The summed E-state index contributed by atoms with van der Waals surface area (Å²) >= 11 is 1.88. The molecule has 0 bridgehead atoms. The number of hydrogen-bond acceptors (Lipinski definition) is 1. The molecule has 244 valence electrons. The smallest absolute Gasteiger partial charge is 0.0355 e. The molecule has 9 aromatic carbocycles. The number of thiophene rings is 1. The van der Waals surface area contributed by atoms with Crippen LogP contribution in [0.3, 0.4) is 0 Å². The highest BCUT2D eigenvalue weighted by molar-refractivity contribution is 7.25. The number of hydrogen-bond donors (Lipinski definition) is 0. The van der Waals surface area contributed by atoms with E-state index < -0.39 is 0 Å². The average molecular weight is 679 g/mol. The van der Waals surface area contributed by atoms with Gasteiger partial charge in [-0.3, -0.25) is 0 Å². The largest absolute Gasteiger partial charge is 0.135 e. The molecular formula is C51H34S. The number of benzene rings is 9. The fraction of sp³-hybridized carbons (Fsp3) is 0.0588. The van der Waals surface area contributed by atoms with Crippen molar-refractivity contribution < 1.29 is 0 Å². The molecule has 11 rings (SSSR count). The predicted octanol–water partition coefficient (Wildman–Crippen LogP) is 14.8. The molecule has 1 aliphatic rings. The Kier molecular flexibility index (Phi) is 6.27. The van der Waals surface area contributed by atoms with Crippen LogP contribution in [-0.4, -0.2) is 0 Å². The summed E-state index contributed by atoms with van der Waals surface area (Å²) in [6.07, 6.45) is 0. The van der Waals surface area contributed by atoms with Crippen LogP contribution >= 0.6 is 11.3 Å². The minimum Gasteiger partial charge on any atom is -0.135 e. The van der Waals surface area contributed by atoms with E-state index in [9.17, 15) is 0 Å². The molecular weight excluding hydrogens is 645 g/mol. The van der Waals surface area contributed by atoms with Gasteiger partial charge < -0.3 is 0 Å². The SMILES string of the molecule is CC1(C)c2cccc(-c3cccc(-c4c5ccccc5c(-c5ccc6sc7ccccc7c6c5)c5ccccc45)c3)c2-c2c1ccc1ccccc21. The van der Waals surface area contributed by atoms with Gasteiger partial charge in [0.1, 0.15) is 0 Å². The van der Waals surface area contributed by atoms with Crippen molar-refractivity contribution in [2.24, 2.45) is 0 Å². The van der Waals surface area contributed by atoms with Gasteiger partial charge in [-0.15, -0.1) is 11.3 Å². The first-order valence-electron chi connectivity index (χ1n) is 18.2. The second-order valence-corrected chi connectivity index (χ2v) is 15.9. The third-order valence-electron chi connectivity index (χ3n) is 11.6. The van der Waals surface area contributed by atoms with E-state index in [1.165, 1.54) is 108 Å². The van der Waals surface area contributed by atoms with E-state index in [2.05, 4.69) is 184 Å². The molecule has 10 aromatic rings. The van der Waals surface area contributed by atoms with Crippen LogP contribution in [0.4, 0.5) is 0 Å². The summed E-state index contributed by atoms with van der Waals surface area (Å²) < 4.78 is 2.67. The maximum absolute atomic E-state index is 2.43. The van der Waals surface area contributed by atoms with Crippen molar-refractivity contribution in [1.82, 2.24) is 0 Å². The first-order valence-corrected chi connectivity index (χ1v) is 19.0. The number of rotatable bonds is 3. The van der Waals surface area contributed by atoms with Crippen LogP contribution in [0.15, 0.2) is 170 Å². The quantitative estimate of drug-likeness (QED) is 0.163. The monoisotopic (exact) mass is 678 g/mol. The lowest BCUT2D eigenvalue weighted by Gasteiger charge is -2.22. The molecule has 1 heterocycles. The molecule has 1 heteroatoms. The Morgan fingerprint density at radius 1 is 0.346 bits per heavy atom. The zero-order chi connectivity index (χ0) is 34.6. The Morgan fingerprint density at radius 2 is 0.904 bits per heavy atom. The fourth-order valence-electron chi connectivity index (χ4n) is 9.26. The highest BCUT2D eigenvalue weighted by atomic mass is 32.1. The molecule has 0 saturated carbocycles. The van der Waals surface area contributed by atoms with Crippen LogP contribution in [0.5, 0.6) is 0 Å². The zero-order valence-corrected chi connectivity index (χ0v) is 29.9. The number of fused-ring (bicyclic) bond motifs is 10. The molecule has 0 N–H and O–H groups in total. The van der Waals surface area contributed by atoms with Crippen LogP contribution < -0.4 is 0 Å². The normalized spacial score (nSPS) is 13.3. The molecule has 0 nitrogen and oxygen atoms in total. The standard InChI is InChI=1S/C51H34S/c1-51(2)43-23-12-22-36(50(43)49-35-16-4-3-13-31(35)25-27-44(49)51)32-14-11-15-33(29-32)47-38-18-5-7-20-40(38)48(41-21-8-6-19-39(41)47)34-26-28-46-42(30-34)37-17-9-10-24-45(37)52-46/h3-30H,1-2H3. The minimum absolute atomic E-state index is 0.0805. The van der Waals surface area contributed by atoms with Gasteiger partial charge in [0.2, 0.25) is 0 Å². The third-order valence-corrected chi connectivity index (χ3v) is 12.8. The van der Waals surface area contributed by atoms with Gasteiger partial charge >= 0.3 is 0 Å². The summed E-state index contributed by atoms with van der Waals surface area (Å²) in [7, 11) is 0. The van der Waals surface area contributed by atoms with Crippen LogP contribution in [0.1, 0.15) is 25.0 Å². The van der Waals surface area contributed by atoms with Gasteiger partial charge in [-0.1, -0.05) is 159 Å². The van der Waals surface area contributed by atoms with Crippen LogP contribution in [0, 0.1) is 0 Å². The van der Waals surface area contributed by atoms with E-state index in [1.54, 1.807) is 0 Å². The lowest BCUT2D eigenvalue weighted by molar-refractivity contribution is 0.661. The summed E-state index contributed by atoms with van der Waals surface area (Å²) in [5.74, 6) is 0. The van der Waals surface area contributed by atoms with Crippen molar-refractivity contribution in [1.29, 1.82) is 0 Å². The first-order chi connectivity index (χ1) is 25.6. The Balaban J connectivity index is 1.15. The topological polar surface area (TPSA) is 0 Å². The molecule has 0 fully saturated rings. The van der Waals surface area contributed by atoms with Gasteiger partial charge in [0.15, 0.2) is 0 Å². The summed E-state index contributed by atoms with van der Waals surface area (Å²) in [6.45, 7) is 4.76. The van der Waals surface area contributed by atoms with Crippen molar-refractivity contribution >= 4 is 63.8 Å². The third kappa shape index (κ3) is 4.15. The molecule has 0 saturated heterocycles. The van der Waals surface area contributed by atoms with Gasteiger partial charge in [-0.05, 0) is 112 Å². The van der Waals surface area contributed by atoms with Gasteiger partial charge in [0, 0.05) is 25.6 Å². The second-order valence-electron chi connectivity index (χ2n) is 14.8. The second kappa shape index (κ2) is 11.0. The lowest BCUT2D eigenvalue weighted by atomic mass is 9.81. The van der Waals surface area contributed by atoms with E-state index in [1.807, 2.05) is 11.3 Å². The molecule has 0 spiro atoms. The highest BCUT2D eigenvalue weighted by Gasteiger charge is 2.37. The van der Waals surface area contributed by atoms with E-state index in [-0.39, 0.29) is 5.41 Å². The summed E-state index contributed by atoms with van der Waals surface area (Å²) in [5, 5.41) is 10.4. The zero-order valence-electron chi connectivity index (χ0n) is 29.1. The minimum atomic E-state index is -0.0805. The van der Waals surface area contributed by atoms with Crippen molar-refractivity contribution in [2.45, 2.75) is 19.3 Å². The van der Waals surface area contributed by atoms with Gasteiger partial charge in [-0.25, -0.2) is 0 Å². The lowest BCUT2D eigenvalue weighted by Crippen LogP contribution is -2.14. The Morgan fingerprint density at radius 3 is 1.63 bits per heavy atom. The van der Waals surface area contributed by atoms with Crippen molar-refractivity contribution in [3.05, 3.63) is 181 Å². The van der Waals surface area contributed by atoms with E-state index in [4.69, 9.17) is 0 Å². The molecule has 0 unspecified atom stereocenters. The first kappa shape index (κ1) is 29.7. The Labute approximate surface area is 307 Å². The fourth-order valence-corrected chi connectivity index (χ4v) is 10.4. The van der Waals surface area contributed by atoms with Gasteiger partial charge in [0.05, 0.1) is 0 Å². The molecule has 0 amide bonds. The Hall–Kier alpha value is -6.02. The molecule has 0 aliphatic heterocycles. The Bertz CT molecular complexity index is 3040.